The molecule has 0 spiro atoms. The maximum atomic E-state index is 12.5. The average Bonchev–Trinajstić information content (AvgIpc) is 2.68. The number of halogens is 1. The van der Waals surface area contributed by atoms with Crippen molar-refractivity contribution in [2.24, 2.45) is 10.2 Å². The van der Waals surface area contributed by atoms with Crippen LogP contribution in [-0.2, 0) is 15.3 Å². The van der Waals surface area contributed by atoms with Crippen LogP contribution < -0.4 is 10.9 Å². The monoisotopic (exact) mass is 432 g/mol. The van der Waals surface area contributed by atoms with E-state index in [0.29, 0.717) is 10.9 Å². The highest BCUT2D eigenvalue weighted by molar-refractivity contribution is 8.06. The van der Waals surface area contributed by atoms with Gasteiger partial charge in [-0.1, -0.05) is 56.6 Å². The van der Waals surface area contributed by atoms with Gasteiger partial charge in [0.1, 0.15) is 5.75 Å². The minimum Gasteiger partial charge on any atom is -0.293 e. The molecule has 0 radical (unpaired) electrons. The summed E-state index contributed by atoms with van der Waals surface area (Å²) in [4.78, 5) is 12.3. The summed E-state index contributed by atoms with van der Waals surface area (Å²) >= 11 is 5.78. The molecule has 0 amide bonds. The van der Waals surface area contributed by atoms with Crippen LogP contribution in [0.25, 0.3) is 0 Å². The third kappa shape index (κ3) is 5.02. The van der Waals surface area contributed by atoms with Crippen LogP contribution >= 0.6 is 11.6 Å². The Bertz CT molecular complexity index is 1080. The molecule has 9 heteroatoms. The predicted molar refractivity (Wildman–Crippen MR) is 115 cm³/mol. The summed E-state index contributed by atoms with van der Waals surface area (Å²) in [6.07, 6.45) is 0. The highest BCUT2D eigenvalue weighted by Crippen LogP contribution is 2.22. The summed E-state index contributed by atoms with van der Waals surface area (Å²) < 4.78 is 25.0. The lowest BCUT2D eigenvalue weighted by atomic mass is 9.86. The van der Waals surface area contributed by atoms with Gasteiger partial charge in [-0.05, 0) is 35.2 Å². The number of ketones is 1. The molecule has 0 unspecified atom stereocenters. The van der Waals surface area contributed by atoms with E-state index in [9.17, 15) is 13.2 Å². The van der Waals surface area contributed by atoms with Crippen molar-refractivity contribution < 1.29 is 13.2 Å². The van der Waals surface area contributed by atoms with Crippen molar-refractivity contribution in [2.45, 2.75) is 26.2 Å². The van der Waals surface area contributed by atoms with Gasteiger partial charge in [-0.15, -0.1) is 5.10 Å². The maximum absolute atomic E-state index is 12.5. The minimum absolute atomic E-state index is 0.0224. The van der Waals surface area contributed by atoms with Crippen LogP contribution in [0.4, 0.5) is 0 Å². The lowest BCUT2D eigenvalue weighted by Gasteiger charge is -2.20. The van der Waals surface area contributed by atoms with Crippen molar-refractivity contribution in [3.8, 4) is 0 Å². The number of nitrogens with one attached hydrogen (secondary N) is 2. The van der Waals surface area contributed by atoms with Crippen molar-refractivity contribution in [3.63, 3.8) is 0 Å². The van der Waals surface area contributed by atoms with E-state index in [1.54, 1.807) is 0 Å². The Morgan fingerprint density at radius 3 is 2.10 bits per heavy atom. The van der Waals surface area contributed by atoms with Gasteiger partial charge in [0.25, 0.3) is 5.17 Å². The number of sulfone groups is 1. The molecule has 1 aliphatic heterocycles. The molecule has 0 atom stereocenters. The standard InChI is InChI=1S/C20H21ClN4O3S/c1-20(2,3)15-8-4-14(5-9-15)18-22-24-19(25-23-18)29(27,28)12-17(26)13-6-10-16(21)11-7-13/h4-11H,12H2,1-3H3,(H,22,23)(H,24,25). The third-order valence-electron chi connectivity index (χ3n) is 4.33. The Balaban J connectivity index is 1.69. The Labute approximate surface area is 174 Å². The summed E-state index contributed by atoms with van der Waals surface area (Å²) in [5.74, 6) is -0.903. The number of carbonyl (C=O) groups excluding carboxylic acids is 1. The Morgan fingerprint density at radius 1 is 0.966 bits per heavy atom. The number of carbonyl (C=O) groups is 1. The molecule has 2 aromatic rings. The summed E-state index contributed by atoms with van der Waals surface area (Å²) in [6.45, 7) is 6.35. The summed E-state index contributed by atoms with van der Waals surface area (Å²) in [7, 11) is -3.99. The minimum atomic E-state index is -3.99. The molecule has 1 aliphatic rings. The summed E-state index contributed by atoms with van der Waals surface area (Å²) in [5, 5.41) is 7.96. The fourth-order valence-electron chi connectivity index (χ4n) is 2.61. The molecule has 0 bridgehead atoms. The van der Waals surface area contributed by atoms with Crippen LogP contribution in [-0.4, -0.2) is 31.0 Å². The van der Waals surface area contributed by atoms with Gasteiger partial charge in [0.2, 0.25) is 9.84 Å². The van der Waals surface area contributed by atoms with E-state index in [0.717, 1.165) is 11.1 Å². The van der Waals surface area contributed by atoms with Gasteiger partial charge in [0.15, 0.2) is 11.6 Å². The van der Waals surface area contributed by atoms with Crippen molar-refractivity contribution in [1.29, 1.82) is 0 Å². The number of Topliss-reactive ketones (excluding diaryl/α,β-unsaturated/α-hetero) is 1. The molecular weight excluding hydrogens is 412 g/mol. The van der Waals surface area contributed by atoms with Gasteiger partial charge < -0.3 is 0 Å². The highest BCUT2D eigenvalue weighted by atomic mass is 35.5. The van der Waals surface area contributed by atoms with E-state index >= 15 is 0 Å². The van der Waals surface area contributed by atoms with Crippen LogP contribution in [0.5, 0.6) is 0 Å². The fourth-order valence-corrected chi connectivity index (χ4v) is 3.76. The molecule has 3 rings (SSSR count). The molecule has 0 saturated carbocycles. The quantitative estimate of drug-likeness (QED) is 0.723. The molecule has 0 fully saturated rings. The molecule has 0 saturated heterocycles. The van der Waals surface area contributed by atoms with E-state index in [4.69, 9.17) is 11.6 Å². The smallest absolute Gasteiger partial charge is 0.260 e. The summed E-state index contributed by atoms with van der Waals surface area (Å²) in [5.41, 5.74) is 7.27. The van der Waals surface area contributed by atoms with Crippen molar-refractivity contribution in [3.05, 3.63) is 70.2 Å². The largest absolute Gasteiger partial charge is 0.293 e. The molecule has 0 aliphatic carbocycles. The van der Waals surface area contributed by atoms with Gasteiger partial charge >= 0.3 is 0 Å². The predicted octanol–water partition coefficient (Wildman–Crippen LogP) is 3.06. The number of hydrogen-bond acceptors (Lipinski definition) is 7. The van der Waals surface area contributed by atoms with Gasteiger partial charge in [-0.25, -0.2) is 13.8 Å². The zero-order valence-electron chi connectivity index (χ0n) is 16.2. The highest BCUT2D eigenvalue weighted by Gasteiger charge is 2.27. The zero-order valence-corrected chi connectivity index (χ0v) is 17.8. The van der Waals surface area contributed by atoms with Crippen LogP contribution in [0, 0.1) is 0 Å². The molecule has 152 valence electrons. The number of benzene rings is 2. The summed E-state index contributed by atoms with van der Waals surface area (Å²) in [6, 6.07) is 13.8. The van der Waals surface area contributed by atoms with Crippen LogP contribution in [0.15, 0.2) is 58.7 Å². The van der Waals surface area contributed by atoms with E-state index < -0.39 is 26.5 Å². The first-order chi connectivity index (χ1) is 13.6. The third-order valence-corrected chi connectivity index (χ3v) is 6.00. The normalized spacial score (nSPS) is 14.3. The number of nitrogens with zero attached hydrogens (tertiary/aromatic N) is 2. The van der Waals surface area contributed by atoms with E-state index in [2.05, 4.69) is 41.8 Å². The lowest BCUT2D eigenvalue weighted by molar-refractivity contribution is 0.102. The Kier molecular flexibility index (Phi) is 5.77. The maximum Gasteiger partial charge on any atom is 0.260 e. The lowest BCUT2D eigenvalue weighted by Crippen LogP contribution is -2.40. The SMILES string of the molecule is CC(C)(C)c1ccc(C2=NNC(S(=O)(=O)CC(=O)c3ccc(Cl)cc3)=NN2)cc1. The van der Waals surface area contributed by atoms with E-state index in [1.807, 2.05) is 24.3 Å². The second-order valence-electron chi connectivity index (χ2n) is 7.62. The van der Waals surface area contributed by atoms with Gasteiger partial charge in [-0.3, -0.25) is 10.2 Å². The van der Waals surface area contributed by atoms with Gasteiger partial charge in [-0.2, -0.15) is 5.10 Å². The first kappa shape index (κ1) is 21.0. The van der Waals surface area contributed by atoms with E-state index in [-0.39, 0.29) is 11.0 Å². The molecule has 1 heterocycles. The molecule has 0 aromatic heterocycles. The molecule has 29 heavy (non-hydrogen) atoms. The van der Waals surface area contributed by atoms with Crippen LogP contribution in [0.1, 0.15) is 42.3 Å². The van der Waals surface area contributed by atoms with Gasteiger partial charge in [0.05, 0.1) is 0 Å². The second-order valence-corrected chi connectivity index (χ2v) is 9.96. The number of amidine groups is 2. The van der Waals surface area contributed by atoms with Crippen molar-refractivity contribution in [1.82, 2.24) is 10.9 Å². The van der Waals surface area contributed by atoms with Crippen LogP contribution in [0.2, 0.25) is 5.02 Å². The molecular formula is C20H21ClN4O3S. The number of hydrazone groups is 2. The topological polar surface area (TPSA) is 100.0 Å². The van der Waals surface area contributed by atoms with Crippen molar-refractivity contribution >= 4 is 38.2 Å². The number of hydrogen-bond donors (Lipinski definition) is 2. The Morgan fingerprint density at radius 2 is 1.59 bits per heavy atom. The molecule has 2 N–H and O–H groups in total. The van der Waals surface area contributed by atoms with Crippen LogP contribution in [0.3, 0.4) is 0 Å². The van der Waals surface area contributed by atoms with E-state index in [1.165, 1.54) is 24.3 Å². The Hall–Kier alpha value is -2.71. The first-order valence-electron chi connectivity index (χ1n) is 8.86. The second kappa shape index (κ2) is 7.96. The molecule has 2 aromatic carbocycles. The fraction of sp³-hybridized carbons (Fsp3) is 0.250. The average molecular weight is 433 g/mol. The molecule has 7 nitrogen and oxygen atoms in total. The zero-order chi connectivity index (χ0) is 21.2. The first-order valence-corrected chi connectivity index (χ1v) is 10.9. The number of rotatable bonds is 4. The van der Waals surface area contributed by atoms with Gasteiger partial charge in [0, 0.05) is 16.1 Å². The van der Waals surface area contributed by atoms with Crippen molar-refractivity contribution in [2.75, 3.05) is 5.75 Å².